The molecule has 1 atom stereocenters. The van der Waals surface area contributed by atoms with Crippen LogP contribution in [0.4, 0.5) is 0 Å². The molecule has 0 bridgehead atoms. The van der Waals surface area contributed by atoms with Crippen LogP contribution in [-0.2, 0) is 17.8 Å². The number of nitrogens with one attached hydrogen (secondary N) is 2. The molecule has 10 heteroatoms. The molecule has 2 heterocycles. The highest BCUT2D eigenvalue weighted by atomic mass is 16.4. The van der Waals surface area contributed by atoms with E-state index in [1.165, 1.54) is 12.5 Å². The normalized spacial score (nSPS) is 12.5. The molecule has 146 valence electrons. The average molecular weight is 377 g/mol. The van der Waals surface area contributed by atoms with Crippen LogP contribution in [0.3, 0.4) is 0 Å². The number of aromatic nitrogens is 4. The summed E-state index contributed by atoms with van der Waals surface area (Å²) in [4.78, 5) is 47.9. The third-order valence-electron chi connectivity index (χ3n) is 4.08. The fraction of sp³-hybridized carbons (Fsp3) is 0.471. The van der Waals surface area contributed by atoms with Crippen LogP contribution >= 0.6 is 0 Å². The molecule has 1 unspecified atom stereocenters. The number of carboxylic acids is 1. The molecule has 10 nitrogen and oxygen atoms in total. The van der Waals surface area contributed by atoms with Crippen molar-refractivity contribution in [3.8, 4) is 5.88 Å². The molecule has 0 aromatic carbocycles. The molecule has 4 N–H and O–H groups in total. The summed E-state index contributed by atoms with van der Waals surface area (Å²) in [5, 5.41) is 19.6. The van der Waals surface area contributed by atoms with Crippen LogP contribution in [-0.4, -0.2) is 48.0 Å². The second-order valence-corrected chi connectivity index (χ2v) is 6.12. The third kappa shape index (κ3) is 5.40. The van der Waals surface area contributed by atoms with Crippen molar-refractivity contribution in [1.29, 1.82) is 0 Å². The van der Waals surface area contributed by atoms with E-state index in [2.05, 4.69) is 26.9 Å². The van der Waals surface area contributed by atoms with Gasteiger partial charge in [-0.25, -0.2) is 14.6 Å². The Kier molecular flexibility index (Phi) is 7.09. The van der Waals surface area contributed by atoms with E-state index in [1.54, 1.807) is 0 Å². The lowest BCUT2D eigenvalue weighted by atomic mass is 10.2. The zero-order valence-corrected chi connectivity index (χ0v) is 15.0. The first kappa shape index (κ1) is 20.1. The highest BCUT2D eigenvalue weighted by Gasteiger charge is 2.18. The predicted octanol–water partition coefficient (Wildman–Crippen LogP) is 0.660. The third-order valence-corrected chi connectivity index (χ3v) is 4.08. The molecule has 0 saturated carbocycles. The monoisotopic (exact) mass is 377 g/mol. The van der Waals surface area contributed by atoms with Crippen molar-refractivity contribution in [2.24, 2.45) is 4.99 Å². The van der Waals surface area contributed by atoms with Gasteiger partial charge in [0, 0.05) is 31.1 Å². The van der Waals surface area contributed by atoms with Crippen LogP contribution in [0.25, 0.3) is 0 Å². The number of hydrogen-bond acceptors (Lipinski definition) is 6. The molecule has 27 heavy (non-hydrogen) atoms. The van der Waals surface area contributed by atoms with Gasteiger partial charge in [-0.05, 0) is 6.42 Å². The molecule has 0 saturated heterocycles. The van der Waals surface area contributed by atoms with Gasteiger partial charge in [0.05, 0.1) is 6.33 Å². The summed E-state index contributed by atoms with van der Waals surface area (Å²) in [5.41, 5.74) is -1.21. The number of hydrogen-bond donors (Lipinski definition) is 4. The van der Waals surface area contributed by atoms with Crippen LogP contribution in [0.2, 0.25) is 0 Å². The summed E-state index contributed by atoms with van der Waals surface area (Å²) in [7, 11) is 0. The number of aromatic amines is 2. The van der Waals surface area contributed by atoms with Crippen molar-refractivity contribution in [2.75, 3.05) is 0 Å². The summed E-state index contributed by atoms with van der Waals surface area (Å²) >= 11 is 0. The van der Waals surface area contributed by atoms with Crippen LogP contribution in [0.1, 0.15) is 43.9 Å². The minimum atomic E-state index is -1.19. The number of aliphatic carboxylic acids is 1. The van der Waals surface area contributed by atoms with Gasteiger partial charge in [0.25, 0.3) is 5.56 Å². The molecule has 0 spiro atoms. The predicted molar refractivity (Wildman–Crippen MR) is 98.4 cm³/mol. The Morgan fingerprint density at radius 3 is 2.78 bits per heavy atom. The van der Waals surface area contributed by atoms with Gasteiger partial charge < -0.3 is 15.2 Å². The Morgan fingerprint density at radius 1 is 1.37 bits per heavy atom. The van der Waals surface area contributed by atoms with Gasteiger partial charge in [-0.15, -0.1) is 0 Å². The van der Waals surface area contributed by atoms with Gasteiger partial charge in [-0.3, -0.25) is 19.3 Å². The SMILES string of the molecule is CCCCCCn1c(O)c(C=NC(Cc2cnc[nH]2)C(=O)O)c(=O)[nH]c1=O. The zero-order chi connectivity index (χ0) is 19.8. The van der Waals surface area contributed by atoms with Crippen molar-refractivity contribution in [1.82, 2.24) is 19.5 Å². The standard InChI is InChI=1S/C17H23N5O5/c1-2-3-4-5-6-22-15(24)12(14(23)21-17(22)27)9-19-13(16(25)26)7-11-8-18-10-20-11/h8-10,13,24H,2-7H2,1H3,(H,18,20)(H,25,26)(H,21,23,27). The van der Waals surface area contributed by atoms with E-state index < -0.39 is 29.1 Å². The first-order valence-corrected chi connectivity index (χ1v) is 8.73. The highest BCUT2D eigenvalue weighted by Crippen LogP contribution is 2.11. The van der Waals surface area contributed by atoms with Crippen LogP contribution < -0.4 is 11.2 Å². The van der Waals surface area contributed by atoms with Gasteiger partial charge in [0.1, 0.15) is 5.56 Å². The Bertz CT molecular complexity index is 897. The van der Waals surface area contributed by atoms with Crippen molar-refractivity contribution < 1.29 is 15.0 Å². The maximum atomic E-state index is 12.0. The smallest absolute Gasteiger partial charge is 0.331 e. The molecule has 2 aromatic rings. The van der Waals surface area contributed by atoms with Crippen LogP contribution in [0.5, 0.6) is 5.88 Å². The molecule has 0 aliphatic heterocycles. The van der Waals surface area contributed by atoms with Crippen LogP contribution in [0, 0.1) is 0 Å². The fourth-order valence-electron chi connectivity index (χ4n) is 2.57. The van der Waals surface area contributed by atoms with E-state index >= 15 is 0 Å². The van der Waals surface area contributed by atoms with Gasteiger partial charge in [-0.2, -0.15) is 0 Å². The maximum absolute atomic E-state index is 12.0. The summed E-state index contributed by atoms with van der Waals surface area (Å²) in [6, 6.07) is -1.17. The lowest BCUT2D eigenvalue weighted by molar-refractivity contribution is -0.138. The number of unbranched alkanes of at least 4 members (excludes halogenated alkanes) is 3. The molecule has 0 amide bonds. The van der Waals surface area contributed by atoms with E-state index in [-0.39, 0.29) is 18.5 Å². The lowest BCUT2D eigenvalue weighted by Gasteiger charge is -2.10. The number of aliphatic imine (C=N–C) groups is 1. The molecule has 2 rings (SSSR count). The first-order valence-electron chi connectivity index (χ1n) is 8.73. The fourth-order valence-corrected chi connectivity index (χ4v) is 2.57. The number of imidazole rings is 1. The van der Waals surface area contributed by atoms with E-state index in [0.29, 0.717) is 12.1 Å². The largest absolute Gasteiger partial charge is 0.494 e. The zero-order valence-electron chi connectivity index (χ0n) is 15.0. The first-order chi connectivity index (χ1) is 12.9. The number of carbonyl (C=O) groups is 1. The van der Waals surface area contributed by atoms with Crippen molar-refractivity contribution >= 4 is 12.2 Å². The molecular weight excluding hydrogens is 354 g/mol. The average Bonchev–Trinajstić information content (AvgIpc) is 3.12. The topological polar surface area (TPSA) is 153 Å². The Morgan fingerprint density at radius 2 is 2.15 bits per heavy atom. The minimum absolute atomic E-state index is 0.0428. The van der Waals surface area contributed by atoms with E-state index in [0.717, 1.165) is 30.0 Å². The molecule has 2 aromatic heterocycles. The summed E-state index contributed by atoms with van der Waals surface area (Å²) in [5.74, 6) is -1.71. The second-order valence-electron chi connectivity index (χ2n) is 6.12. The quantitative estimate of drug-likeness (QED) is 0.352. The van der Waals surface area contributed by atoms with E-state index in [1.807, 2.05) is 0 Å². The lowest BCUT2D eigenvalue weighted by Crippen LogP contribution is -2.32. The Hall–Kier alpha value is -3.17. The van der Waals surface area contributed by atoms with Gasteiger partial charge >= 0.3 is 11.7 Å². The van der Waals surface area contributed by atoms with Crippen molar-refractivity contribution in [2.45, 2.75) is 51.6 Å². The molecule has 0 aliphatic carbocycles. The molecule has 0 radical (unpaired) electrons. The number of nitrogens with zero attached hydrogens (tertiary/aromatic N) is 3. The Labute approximate surface area is 154 Å². The minimum Gasteiger partial charge on any atom is -0.494 e. The molecular formula is C17H23N5O5. The van der Waals surface area contributed by atoms with Crippen molar-refractivity contribution in [3.05, 3.63) is 44.6 Å². The number of rotatable bonds is 10. The molecule has 0 fully saturated rings. The van der Waals surface area contributed by atoms with Gasteiger partial charge in [0.2, 0.25) is 5.88 Å². The van der Waals surface area contributed by atoms with Gasteiger partial charge in [0.15, 0.2) is 6.04 Å². The maximum Gasteiger partial charge on any atom is 0.331 e. The number of aromatic hydroxyl groups is 1. The van der Waals surface area contributed by atoms with Crippen LogP contribution in [0.15, 0.2) is 27.1 Å². The molecule has 0 aliphatic rings. The number of carboxylic acid groups (broad SMARTS) is 1. The summed E-state index contributed by atoms with van der Waals surface area (Å²) in [6.45, 7) is 2.30. The number of H-pyrrole nitrogens is 2. The Balaban J connectivity index is 2.25. The highest BCUT2D eigenvalue weighted by molar-refractivity contribution is 5.85. The summed E-state index contributed by atoms with van der Waals surface area (Å²) < 4.78 is 1.06. The van der Waals surface area contributed by atoms with Gasteiger partial charge in [-0.1, -0.05) is 26.2 Å². The van der Waals surface area contributed by atoms with E-state index in [9.17, 15) is 24.6 Å². The van der Waals surface area contributed by atoms with E-state index in [4.69, 9.17) is 0 Å². The second kappa shape index (κ2) is 9.51. The summed E-state index contributed by atoms with van der Waals surface area (Å²) in [6.07, 6.45) is 7.51. The van der Waals surface area contributed by atoms with Crippen molar-refractivity contribution in [3.63, 3.8) is 0 Å².